The normalized spacial score (nSPS) is 11.4. The molecule has 16 heavy (non-hydrogen) atoms. The van der Waals surface area contributed by atoms with Gasteiger partial charge in [0.25, 0.3) is 0 Å². The van der Waals surface area contributed by atoms with E-state index in [1.54, 1.807) is 7.11 Å². The summed E-state index contributed by atoms with van der Waals surface area (Å²) >= 11 is 0. The summed E-state index contributed by atoms with van der Waals surface area (Å²) in [7, 11) is 1.59. The van der Waals surface area contributed by atoms with Crippen LogP contribution in [0.1, 0.15) is 11.6 Å². The minimum absolute atomic E-state index is 0. The molecule has 1 rings (SSSR count). The van der Waals surface area contributed by atoms with Gasteiger partial charge in [-0.05, 0) is 5.56 Å². The highest BCUT2D eigenvalue weighted by Gasteiger charge is 2.13. The molecular weight excluding hydrogens is 228 g/mol. The first-order chi connectivity index (χ1) is 7.25. The predicted molar refractivity (Wildman–Crippen MR) is 65.5 cm³/mol. The van der Waals surface area contributed by atoms with E-state index in [1.807, 2.05) is 30.3 Å². The monoisotopic (exact) mass is 244 g/mol. The number of nitrogens with one attached hydrogen (secondary N) is 1. The fraction of sp³-hybridized carbons (Fsp3) is 0.364. The number of nitrogens with two attached hydrogens (primary N) is 1. The fourth-order valence-electron chi connectivity index (χ4n) is 1.20. The van der Waals surface area contributed by atoms with Crippen molar-refractivity contribution in [3.05, 3.63) is 35.9 Å². The first kappa shape index (κ1) is 14.9. The van der Waals surface area contributed by atoms with Crippen LogP contribution in [0.2, 0.25) is 0 Å². The SMILES string of the molecule is COCCNC(=O)[C@@H](N)c1ccccc1.Cl. The van der Waals surface area contributed by atoms with E-state index in [-0.39, 0.29) is 18.3 Å². The van der Waals surface area contributed by atoms with Crippen molar-refractivity contribution in [2.45, 2.75) is 6.04 Å². The molecule has 0 spiro atoms. The number of amides is 1. The molecule has 0 bridgehead atoms. The summed E-state index contributed by atoms with van der Waals surface area (Å²) in [6.07, 6.45) is 0. The Morgan fingerprint density at radius 3 is 2.62 bits per heavy atom. The van der Waals surface area contributed by atoms with E-state index in [0.29, 0.717) is 13.2 Å². The third-order valence-electron chi connectivity index (χ3n) is 2.05. The van der Waals surface area contributed by atoms with Crippen LogP contribution in [-0.4, -0.2) is 26.2 Å². The van der Waals surface area contributed by atoms with Gasteiger partial charge in [-0.1, -0.05) is 30.3 Å². The molecule has 90 valence electrons. The number of rotatable bonds is 5. The lowest BCUT2D eigenvalue weighted by Crippen LogP contribution is -2.35. The lowest BCUT2D eigenvalue weighted by molar-refractivity contribution is -0.122. The quantitative estimate of drug-likeness (QED) is 0.756. The summed E-state index contributed by atoms with van der Waals surface area (Å²) in [4.78, 5) is 11.5. The Morgan fingerprint density at radius 2 is 2.06 bits per heavy atom. The molecule has 0 saturated heterocycles. The van der Waals surface area contributed by atoms with Crippen molar-refractivity contribution in [2.75, 3.05) is 20.3 Å². The van der Waals surface area contributed by atoms with Crippen molar-refractivity contribution < 1.29 is 9.53 Å². The van der Waals surface area contributed by atoms with Crippen LogP contribution in [0.25, 0.3) is 0 Å². The van der Waals surface area contributed by atoms with Gasteiger partial charge < -0.3 is 15.8 Å². The number of hydrogen-bond donors (Lipinski definition) is 2. The number of ether oxygens (including phenoxy) is 1. The molecule has 0 saturated carbocycles. The molecular formula is C11H17ClN2O2. The first-order valence-electron chi connectivity index (χ1n) is 4.83. The summed E-state index contributed by atoms with van der Waals surface area (Å²) in [6.45, 7) is 0.975. The second-order valence-corrected chi connectivity index (χ2v) is 3.17. The molecule has 0 unspecified atom stereocenters. The van der Waals surface area contributed by atoms with Gasteiger partial charge in [0.1, 0.15) is 6.04 Å². The number of halogens is 1. The number of carbonyl (C=O) groups is 1. The molecule has 3 N–H and O–H groups in total. The molecule has 4 nitrogen and oxygen atoms in total. The van der Waals surface area contributed by atoms with E-state index in [0.717, 1.165) is 5.56 Å². The third kappa shape index (κ3) is 4.61. The standard InChI is InChI=1S/C11H16N2O2.ClH/c1-15-8-7-13-11(14)10(12)9-5-3-2-4-6-9;/h2-6,10H,7-8,12H2,1H3,(H,13,14);1H/t10-;/m0./s1. The number of carbonyl (C=O) groups excluding carboxylic acids is 1. The van der Waals surface area contributed by atoms with Gasteiger partial charge in [0.15, 0.2) is 0 Å². The molecule has 0 heterocycles. The minimum atomic E-state index is -0.608. The zero-order valence-electron chi connectivity index (χ0n) is 9.18. The maximum absolute atomic E-state index is 11.5. The van der Waals surface area contributed by atoms with Crippen LogP contribution in [0.15, 0.2) is 30.3 Å². The fourth-order valence-corrected chi connectivity index (χ4v) is 1.20. The first-order valence-corrected chi connectivity index (χ1v) is 4.83. The number of hydrogen-bond acceptors (Lipinski definition) is 3. The Morgan fingerprint density at radius 1 is 1.44 bits per heavy atom. The molecule has 1 amide bonds. The van der Waals surface area contributed by atoms with Gasteiger partial charge >= 0.3 is 0 Å². The summed E-state index contributed by atoms with van der Waals surface area (Å²) < 4.78 is 4.82. The second kappa shape index (κ2) is 8.10. The molecule has 0 aliphatic rings. The smallest absolute Gasteiger partial charge is 0.241 e. The Balaban J connectivity index is 0.00000225. The lowest BCUT2D eigenvalue weighted by atomic mass is 10.1. The highest BCUT2D eigenvalue weighted by Crippen LogP contribution is 2.08. The van der Waals surface area contributed by atoms with Gasteiger partial charge in [-0.25, -0.2) is 0 Å². The summed E-state index contributed by atoms with van der Waals surface area (Å²) in [5, 5.41) is 2.69. The van der Waals surface area contributed by atoms with Gasteiger partial charge in [-0.2, -0.15) is 0 Å². The van der Waals surface area contributed by atoms with Gasteiger partial charge in [-0.3, -0.25) is 4.79 Å². The Kier molecular flexibility index (Phi) is 7.54. The number of benzene rings is 1. The second-order valence-electron chi connectivity index (χ2n) is 3.17. The van der Waals surface area contributed by atoms with Crippen molar-refractivity contribution in [1.82, 2.24) is 5.32 Å². The van der Waals surface area contributed by atoms with Crippen LogP contribution in [0.4, 0.5) is 0 Å². The van der Waals surface area contributed by atoms with Crippen molar-refractivity contribution in [3.8, 4) is 0 Å². The van der Waals surface area contributed by atoms with Crippen molar-refractivity contribution in [1.29, 1.82) is 0 Å². The van der Waals surface area contributed by atoms with Crippen LogP contribution >= 0.6 is 12.4 Å². The minimum Gasteiger partial charge on any atom is -0.383 e. The van der Waals surface area contributed by atoms with E-state index in [2.05, 4.69) is 5.32 Å². The van der Waals surface area contributed by atoms with Crippen LogP contribution < -0.4 is 11.1 Å². The molecule has 1 aromatic carbocycles. The maximum Gasteiger partial charge on any atom is 0.241 e. The van der Waals surface area contributed by atoms with E-state index >= 15 is 0 Å². The van der Waals surface area contributed by atoms with E-state index in [9.17, 15) is 4.79 Å². The molecule has 0 aliphatic heterocycles. The van der Waals surface area contributed by atoms with Gasteiger partial charge in [0, 0.05) is 13.7 Å². The highest BCUT2D eigenvalue weighted by molar-refractivity contribution is 5.85. The van der Waals surface area contributed by atoms with Crippen LogP contribution in [0.5, 0.6) is 0 Å². The summed E-state index contributed by atoms with van der Waals surface area (Å²) in [6, 6.07) is 8.66. The van der Waals surface area contributed by atoms with Crippen molar-refractivity contribution >= 4 is 18.3 Å². The third-order valence-corrected chi connectivity index (χ3v) is 2.05. The number of methoxy groups -OCH3 is 1. The highest BCUT2D eigenvalue weighted by atomic mass is 35.5. The van der Waals surface area contributed by atoms with E-state index in [1.165, 1.54) is 0 Å². The van der Waals surface area contributed by atoms with Gasteiger partial charge in [0.05, 0.1) is 6.61 Å². The summed E-state index contributed by atoms with van der Waals surface area (Å²) in [5.74, 6) is -0.182. The average Bonchev–Trinajstić information content (AvgIpc) is 2.29. The van der Waals surface area contributed by atoms with Crippen molar-refractivity contribution in [3.63, 3.8) is 0 Å². The lowest BCUT2D eigenvalue weighted by Gasteiger charge is -2.11. The molecule has 1 atom stereocenters. The van der Waals surface area contributed by atoms with E-state index in [4.69, 9.17) is 10.5 Å². The maximum atomic E-state index is 11.5. The molecule has 5 heteroatoms. The van der Waals surface area contributed by atoms with Crippen LogP contribution in [-0.2, 0) is 9.53 Å². The molecule has 1 aromatic rings. The largest absolute Gasteiger partial charge is 0.383 e. The van der Waals surface area contributed by atoms with Crippen molar-refractivity contribution in [2.24, 2.45) is 5.73 Å². The zero-order chi connectivity index (χ0) is 11.1. The topological polar surface area (TPSA) is 64.3 Å². The Hall–Kier alpha value is -1.10. The molecule has 0 aromatic heterocycles. The Bertz CT molecular complexity index is 306. The molecule has 0 aliphatic carbocycles. The van der Waals surface area contributed by atoms with Crippen LogP contribution in [0, 0.1) is 0 Å². The van der Waals surface area contributed by atoms with Crippen LogP contribution in [0.3, 0.4) is 0 Å². The predicted octanol–water partition coefficient (Wildman–Crippen LogP) is 0.871. The van der Waals surface area contributed by atoms with Gasteiger partial charge in [0.2, 0.25) is 5.91 Å². The molecule has 0 radical (unpaired) electrons. The molecule has 0 fully saturated rings. The average molecular weight is 245 g/mol. The Labute approximate surface area is 102 Å². The van der Waals surface area contributed by atoms with Gasteiger partial charge in [-0.15, -0.1) is 12.4 Å². The van der Waals surface area contributed by atoms with E-state index < -0.39 is 6.04 Å². The zero-order valence-corrected chi connectivity index (χ0v) is 10.00. The summed E-state index contributed by atoms with van der Waals surface area (Å²) in [5.41, 5.74) is 6.58.